The molecule has 0 aromatic carbocycles. The van der Waals surface area contributed by atoms with E-state index in [1.807, 2.05) is 0 Å². The zero-order valence-corrected chi connectivity index (χ0v) is 10.3. The van der Waals surface area contributed by atoms with Crippen molar-refractivity contribution in [1.82, 2.24) is 4.90 Å². The minimum absolute atomic E-state index is 0.00604. The van der Waals surface area contributed by atoms with Gasteiger partial charge in [-0.2, -0.15) is 0 Å². The van der Waals surface area contributed by atoms with Crippen LogP contribution in [0.3, 0.4) is 0 Å². The minimum Gasteiger partial charge on any atom is -0.393 e. The topological polar surface area (TPSA) is 23.5 Å². The maximum absolute atomic E-state index is 10.0. The SMILES string of the molecule is OC1CCCC1C1CCCN1CCC1CC1. The second kappa shape index (κ2) is 4.66. The van der Waals surface area contributed by atoms with Crippen molar-refractivity contribution >= 4 is 0 Å². The fourth-order valence-corrected chi connectivity index (χ4v) is 3.79. The molecule has 1 heterocycles. The predicted octanol–water partition coefficient (Wildman–Crippen LogP) is 2.41. The van der Waals surface area contributed by atoms with E-state index in [1.54, 1.807) is 0 Å². The molecule has 1 N–H and O–H groups in total. The molecule has 3 rings (SSSR count). The highest BCUT2D eigenvalue weighted by Gasteiger charge is 2.38. The molecule has 92 valence electrons. The molecule has 1 saturated heterocycles. The molecule has 3 unspecified atom stereocenters. The monoisotopic (exact) mass is 223 g/mol. The third-order valence-corrected chi connectivity index (χ3v) is 4.96. The Kier molecular flexibility index (Phi) is 3.21. The van der Waals surface area contributed by atoms with Crippen LogP contribution in [-0.2, 0) is 0 Å². The maximum atomic E-state index is 10.0. The van der Waals surface area contributed by atoms with Gasteiger partial charge >= 0.3 is 0 Å². The van der Waals surface area contributed by atoms with Crippen LogP contribution in [0, 0.1) is 11.8 Å². The third kappa shape index (κ3) is 2.28. The Hall–Kier alpha value is -0.0800. The summed E-state index contributed by atoms with van der Waals surface area (Å²) >= 11 is 0. The molecule has 0 radical (unpaired) electrons. The quantitative estimate of drug-likeness (QED) is 0.791. The van der Waals surface area contributed by atoms with Crippen molar-refractivity contribution in [2.45, 2.75) is 63.5 Å². The van der Waals surface area contributed by atoms with E-state index in [0.717, 1.165) is 18.4 Å². The van der Waals surface area contributed by atoms with Gasteiger partial charge in [-0.3, -0.25) is 0 Å². The molecule has 0 aromatic heterocycles. The van der Waals surface area contributed by atoms with Gasteiger partial charge in [0, 0.05) is 12.0 Å². The zero-order chi connectivity index (χ0) is 11.0. The molecule has 16 heavy (non-hydrogen) atoms. The third-order valence-electron chi connectivity index (χ3n) is 4.96. The van der Waals surface area contributed by atoms with Crippen molar-refractivity contribution in [3.05, 3.63) is 0 Å². The first-order valence-electron chi connectivity index (χ1n) is 7.27. The highest BCUT2D eigenvalue weighted by Crippen LogP contribution is 2.37. The molecule has 2 aliphatic carbocycles. The summed E-state index contributed by atoms with van der Waals surface area (Å²) in [5, 5.41) is 10.0. The molecule has 3 aliphatic rings. The second-order valence-corrected chi connectivity index (χ2v) is 6.14. The Bertz CT molecular complexity index is 239. The van der Waals surface area contributed by atoms with Gasteiger partial charge in [-0.1, -0.05) is 19.3 Å². The minimum atomic E-state index is 0.00604. The number of nitrogens with zero attached hydrogens (tertiary/aromatic N) is 1. The summed E-state index contributed by atoms with van der Waals surface area (Å²) in [7, 11) is 0. The fraction of sp³-hybridized carbons (Fsp3) is 1.00. The van der Waals surface area contributed by atoms with Crippen LogP contribution in [0.15, 0.2) is 0 Å². The molecule has 3 atom stereocenters. The van der Waals surface area contributed by atoms with E-state index in [-0.39, 0.29) is 6.10 Å². The molecular formula is C14H25NO. The molecule has 0 aromatic rings. The number of rotatable bonds is 4. The molecular weight excluding hydrogens is 198 g/mol. The van der Waals surface area contributed by atoms with Gasteiger partial charge in [0.2, 0.25) is 0 Å². The van der Waals surface area contributed by atoms with Gasteiger partial charge in [-0.15, -0.1) is 0 Å². The fourth-order valence-electron chi connectivity index (χ4n) is 3.79. The number of aliphatic hydroxyl groups excluding tert-OH is 1. The Morgan fingerprint density at radius 3 is 2.56 bits per heavy atom. The van der Waals surface area contributed by atoms with Crippen LogP contribution in [0.1, 0.15) is 51.4 Å². The van der Waals surface area contributed by atoms with Gasteiger partial charge < -0.3 is 10.0 Å². The lowest BCUT2D eigenvalue weighted by molar-refractivity contribution is 0.0737. The number of likely N-dealkylation sites (tertiary alicyclic amines) is 1. The van der Waals surface area contributed by atoms with Crippen LogP contribution in [0.4, 0.5) is 0 Å². The Morgan fingerprint density at radius 2 is 1.88 bits per heavy atom. The standard InChI is InChI=1S/C14H25NO/c16-14-5-1-3-12(14)13-4-2-9-15(13)10-8-11-6-7-11/h11-14,16H,1-10H2. The average Bonchev–Trinajstić information content (AvgIpc) is 2.83. The Labute approximate surface area is 99.0 Å². The van der Waals surface area contributed by atoms with Crippen molar-refractivity contribution in [2.24, 2.45) is 11.8 Å². The molecule has 0 amide bonds. The van der Waals surface area contributed by atoms with Crippen LogP contribution >= 0.6 is 0 Å². The molecule has 1 aliphatic heterocycles. The van der Waals surface area contributed by atoms with Gasteiger partial charge in [0.15, 0.2) is 0 Å². The van der Waals surface area contributed by atoms with E-state index in [0.29, 0.717) is 5.92 Å². The van der Waals surface area contributed by atoms with Crippen molar-refractivity contribution in [3.63, 3.8) is 0 Å². The highest BCUT2D eigenvalue weighted by atomic mass is 16.3. The first-order chi connectivity index (χ1) is 7.84. The second-order valence-electron chi connectivity index (χ2n) is 6.14. The highest BCUT2D eigenvalue weighted by molar-refractivity contribution is 4.92. The zero-order valence-electron chi connectivity index (χ0n) is 10.3. The predicted molar refractivity (Wildman–Crippen MR) is 65.3 cm³/mol. The summed E-state index contributed by atoms with van der Waals surface area (Å²) < 4.78 is 0. The molecule has 2 heteroatoms. The summed E-state index contributed by atoms with van der Waals surface area (Å²) in [4.78, 5) is 2.69. The van der Waals surface area contributed by atoms with Gasteiger partial charge in [-0.25, -0.2) is 0 Å². The molecule has 2 saturated carbocycles. The Morgan fingerprint density at radius 1 is 1.00 bits per heavy atom. The van der Waals surface area contributed by atoms with Crippen LogP contribution in [-0.4, -0.2) is 35.2 Å². The van der Waals surface area contributed by atoms with Crippen LogP contribution in [0.2, 0.25) is 0 Å². The lowest BCUT2D eigenvalue weighted by Crippen LogP contribution is -2.39. The summed E-state index contributed by atoms with van der Waals surface area (Å²) in [5.41, 5.74) is 0. The summed E-state index contributed by atoms with van der Waals surface area (Å²) in [5.74, 6) is 1.65. The van der Waals surface area contributed by atoms with E-state index in [1.165, 1.54) is 58.0 Å². The molecule has 2 nitrogen and oxygen atoms in total. The van der Waals surface area contributed by atoms with E-state index in [4.69, 9.17) is 0 Å². The largest absolute Gasteiger partial charge is 0.393 e. The van der Waals surface area contributed by atoms with Crippen molar-refractivity contribution in [1.29, 1.82) is 0 Å². The lowest BCUT2D eigenvalue weighted by atomic mass is 9.94. The van der Waals surface area contributed by atoms with E-state index in [2.05, 4.69) is 4.90 Å². The maximum Gasteiger partial charge on any atom is 0.0583 e. The number of hydrogen-bond acceptors (Lipinski definition) is 2. The van der Waals surface area contributed by atoms with Crippen LogP contribution < -0.4 is 0 Å². The number of aliphatic hydroxyl groups is 1. The van der Waals surface area contributed by atoms with Crippen LogP contribution in [0.5, 0.6) is 0 Å². The first-order valence-corrected chi connectivity index (χ1v) is 7.27. The van der Waals surface area contributed by atoms with E-state index in [9.17, 15) is 5.11 Å². The lowest BCUT2D eigenvalue weighted by Gasteiger charge is -2.31. The average molecular weight is 223 g/mol. The number of hydrogen-bond donors (Lipinski definition) is 1. The van der Waals surface area contributed by atoms with Crippen LogP contribution in [0.25, 0.3) is 0 Å². The first kappa shape index (κ1) is 11.0. The summed E-state index contributed by atoms with van der Waals surface area (Å²) in [6.07, 6.45) is 10.6. The van der Waals surface area contributed by atoms with E-state index >= 15 is 0 Å². The molecule has 3 fully saturated rings. The normalized spacial score (nSPS) is 40.7. The Balaban J connectivity index is 1.54. The van der Waals surface area contributed by atoms with Gasteiger partial charge in [0.25, 0.3) is 0 Å². The molecule has 0 spiro atoms. The smallest absolute Gasteiger partial charge is 0.0583 e. The van der Waals surface area contributed by atoms with Gasteiger partial charge in [0.1, 0.15) is 0 Å². The van der Waals surface area contributed by atoms with Crippen molar-refractivity contribution in [2.75, 3.05) is 13.1 Å². The summed E-state index contributed by atoms with van der Waals surface area (Å²) in [6, 6.07) is 0.719. The van der Waals surface area contributed by atoms with Gasteiger partial charge in [-0.05, 0) is 51.1 Å². The van der Waals surface area contributed by atoms with Gasteiger partial charge in [0.05, 0.1) is 6.10 Å². The van der Waals surface area contributed by atoms with E-state index < -0.39 is 0 Å². The van der Waals surface area contributed by atoms with Crippen molar-refractivity contribution < 1.29 is 5.11 Å². The molecule has 0 bridgehead atoms. The van der Waals surface area contributed by atoms with Crippen molar-refractivity contribution in [3.8, 4) is 0 Å². The summed E-state index contributed by atoms with van der Waals surface area (Å²) in [6.45, 7) is 2.60.